The highest BCUT2D eigenvalue weighted by molar-refractivity contribution is 5.26. The fourth-order valence-electron chi connectivity index (χ4n) is 2.53. The lowest BCUT2D eigenvalue weighted by Crippen LogP contribution is -2.58. The first kappa shape index (κ1) is 11.6. The molecule has 88 valence electrons. The van der Waals surface area contributed by atoms with Crippen LogP contribution in [-0.2, 0) is 5.54 Å². The standard InChI is InChI=1S/C13H20N2O/c1-9(2)10-4-5-11(15-6-10)13(14)7-12(3,16)8-13/h4-6,9,16H,7-8,14H2,1-3H3. The number of nitrogens with two attached hydrogens (primary N) is 1. The third-order valence-corrected chi connectivity index (χ3v) is 3.36. The van der Waals surface area contributed by atoms with Crippen molar-refractivity contribution in [2.45, 2.75) is 50.7 Å². The Morgan fingerprint density at radius 1 is 1.38 bits per heavy atom. The quantitative estimate of drug-likeness (QED) is 0.800. The molecule has 1 heterocycles. The molecule has 0 radical (unpaired) electrons. The van der Waals surface area contributed by atoms with Crippen LogP contribution in [0.25, 0.3) is 0 Å². The Kier molecular flexibility index (Phi) is 2.55. The summed E-state index contributed by atoms with van der Waals surface area (Å²) in [4.78, 5) is 4.42. The Morgan fingerprint density at radius 3 is 2.38 bits per heavy atom. The summed E-state index contributed by atoms with van der Waals surface area (Å²) in [7, 11) is 0. The van der Waals surface area contributed by atoms with Crippen molar-refractivity contribution in [1.82, 2.24) is 4.98 Å². The van der Waals surface area contributed by atoms with E-state index in [2.05, 4.69) is 24.9 Å². The van der Waals surface area contributed by atoms with Crippen LogP contribution in [0.5, 0.6) is 0 Å². The summed E-state index contributed by atoms with van der Waals surface area (Å²) in [6, 6.07) is 4.07. The molecule has 3 heteroatoms. The second-order valence-corrected chi connectivity index (χ2v) is 5.64. The van der Waals surface area contributed by atoms with E-state index in [0.29, 0.717) is 18.8 Å². The maximum atomic E-state index is 9.75. The molecule has 1 aromatic heterocycles. The molecule has 3 N–H and O–H groups in total. The Hall–Kier alpha value is -0.930. The summed E-state index contributed by atoms with van der Waals surface area (Å²) in [5.41, 5.74) is 7.27. The van der Waals surface area contributed by atoms with Crippen LogP contribution < -0.4 is 5.73 Å². The van der Waals surface area contributed by atoms with Crippen LogP contribution >= 0.6 is 0 Å². The highest BCUT2D eigenvalue weighted by atomic mass is 16.3. The van der Waals surface area contributed by atoms with Crippen molar-refractivity contribution in [2.75, 3.05) is 0 Å². The highest BCUT2D eigenvalue weighted by Crippen LogP contribution is 2.45. The van der Waals surface area contributed by atoms with E-state index in [-0.39, 0.29) is 0 Å². The molecule has 0 spiro atoms. The molecule has 0 amide bonds. The number of aromatic nitrogens is 1. The molecule has 0 aromatic carbocycles. The number of hydrogen-bond acceptors (Lipinski definition) is 3. The lowest BCUT2D eigenvalue weighted by atomic mass is 9.64. The SMILES string of the molecule is CC(C)c1ccc(C2(N)CC(C)(O)C2)nc1. The van der Waals surface area contributed by atoms with Gasteiger partial charge in [-0.3, -0.25) is 4.98 Å². The number of pyridine rings is 1. The molecule has 1 aromatic rings. The summed E-state index contributed by atoms with van der Waals surface area (Å²) >= 11 is 0. The molecule has 3 nitrogen and oxygen atoms in total. The van der Waals surface area contributed by atoms with Crippen molar-refractivity contribution in [3.05, 3.63) is 29.6 Å². The molecule has 1 saturated carbocycles. The molecular formula is C13H20N2O. The van der Waals surface area contributed by atoms with E-state index in [1.165, 1.54) is 5.56 Å². The highest BCUT2D eigenvalue weighted by Gasteiger charge is 2.50. The average molecular weight is 220 g/mol. The molecule has 0 unspecified atom stereocenters. The molecule has 2 rings (SSSR count). The van der Waals surface area contributed by atoms with Gasteiger partial charge in [0, 0.05) is 6.20 Å². The Bertz CT molecular complexity index is 373. The summed E-state index contributed by atoms with van der Waals surface area (Å²) in [6.45, 7) is 6.10. The first-order valence-corrected chi connectivity index (χ1v) is 5.80. The Labute approximate surface area is 96.7 Å². The van der Waals surface area contributed by atoms with Crippen molar-refractivity contribution >= 4 is 0 Å². The van der Waals surface area contributed by atoms with Crippen LogP contribution in [0, 0.1) is 0 Å². The maximum Gasteiger partial charge on any atom is 0.0662 e. The van der Waals surface area contributed by atoms with Crippen LogP contribution in [0.2, 0.25) is 0 Å². The minimum Gasteiger partial charge on any atom is -0.390 e. The average Bonchev–Trinajstić information content (AvgIpc) is 2.14. The Balaban J connectivity index is 2.17. The van der Waals surface area contributed by atoms with Gasteiger partial charge in [0.15, 0.2) is 0 Å². The molecular weight excluding hydrogens is 200 g/mol. The van der Waals surface area contributed by atoms with Gasteiger partial charge in [-0.2, -0.15) is 0 Å². The number of hydrogen-bond donors (Lipinski definition) is 2. The van der Waals surface area contributed by atoms with Crippen LogP contribution in [-0.4, -0.2) is 15.7 Å². The number of aliphatic hydroxyl groups is 1. The van der Waals surface area contributed by atoms with E-state index in [9.17, 15) is 5.11 Å². The normalized spacial score (nSPS) is 33.9. The summed E-state index contributed by atoms with van der Waals surface area (Å²) in [5.74, 6) is 0.486. The number of nitrogens with zero attached hydrogens (tertiary/aromatic N) is 1. The van der Waals surface area contributed by atoms with Gasteiger partial charge in [-0.15, -0.1) is 0 Å². The van der Waals surface area contributed by atoms with Crippen LogP contribution in [0.3, 0.4) is 0 Å². The van der Waals surface area contributed by atoms with E-state index in [1.807, 2.05) is 19.2 Å². The van der Waals surface area contributed by atoms with Gasteiger partial charge < -0.3 is 10.8 Å². The summed E-state index contributed by atoms with van der Waals surface area (Å²) in [5, 5.41) is 9.75. The van der Waals surface area contributed by atoms with Crippen molar-refractivity contribution in [1.29, 1.82) is 0 Å². The van der Waals surface area contributed by atoms with Crippen molar-refractivity contribution in [3.63, 3.8) is 0 Å². The van der Waals surface area contributed by atoms with Gasteiger partial charge >= 0.3 is 0 Å². The first-order chi connectivity index (χ1) is 7.32. The monoisotopic (exact) mass is 220 g/mol. The molecule has 1 fully saturated rings. The van der Waals surface area contributed by atoms with E-state index < -0.39 is 11.1 Å². The van der Waals surface area contributed by atoms with Gasteiger partial charge in [0.05, 0.1) is 16.8 Å². The maximum absolute atomic E-state index is 9.75. The van der Waals surface area contributed by atoms with Crippen molar-refractivity contribution in [3.8, 4) is 0 Å². The van der Waals surface area contributed by atoms with Gasteiger partial charge in [-0.05, 0) is 37.3 Å². The third-order valence-electron chi connectivity index (χ3n) is 3.36. The topological polar surface area (TPSA) is 59.1 Å². The van der Waals surface area contributed by atoms with Gasteiger partial charge in [-0.25, -0.2) is 0 Å². The van der Waals surface area contributed by atoms with Crippen LogP contribution in [0.1, 0.15) is 50.8 Å². The molecule has 1 aliphatic rings. The summed E-state index contributed by atoms with van der Waals surface area (Å²) in [6.07, 6.45) is 3.07. The van der Waals surface area contributed by atoms with Gasteiger partial charge in [0.2, 0.25) is 0 Å². The predicted octanol–water partition coefficient (Wildman–Crippen LogP) is 1.90. The fraction of sp³-hybridized carbons (Fsp3) is 0.615. The van der Waals surface area contributed by atoms with Crippen LogP contribution in [0.15, 0.2) is 18.3 Å². The molecule has 1 aliphatic carbocycles. The second kappa shape index (κ2) is 3.54. The lowest BCUT2D eigenvalue weighted by molar-refractivity contribution is -0.0753. The van der Waals surface area contributed by atoms with Crippen LogP contribution in [0.4, 0.5) is 0 Å². The number of rotatable bonds is 2. The molecule has 0 aliphatic heterocycles. The van der Waals surface area contributed by atoms with Crippen molar-refractivity contribution < 1.29 is 5.11 Å². The zero-order valence-corrected chi connectivity index (χ0v) is 10.2. The zero-order valence-electron chi connectivity index (χ0n) is 10.2. The Morgan fingerprint density at radius 2 is 2.00 bits per heavy atom. The first-order valence-electron chi connectivity index (χ1n) is 5.80. The molecule has 0 atom stereocenters. The molecule has 0 saturated heterocycles. The van der Waals surface area contributed by atoms with Crippen molar-refractivity contribution in [2.24, 2.45) is 5.73 Å². The molecule has 16 heavy (non-hydrogen) atoms. The predicted molar refractivity (Wildman–Crippen MR) is 64.0 cm³/mol. The van der Waals surface area contributed by atoms with E-state index in [4.69, 9.17) is 5.73 Å². The van der Waals surface area contributed by atoms with E-state index in [1.54, 1.807) is 0 Å². The lowest BCUT2D eigenvalue weighted by Gasteiger charge is -2.49. The molecule has 0 bridgehead atoms. The summed E-state index contributed by atoms with van der Waals surface area (Å²) < 4.78 is 0. The fourth-order valence-corrected chi connectivity index (χ4v) is 2.53. The largest absolute Gasteiger partial charge is 0.390 e. The van der Waals surface area contributed by atoms with Gasteiger partial charge in [0.25, 0.3) is 0 Å². The smallest absolute Gasteiger partial charge is 0.0662 e. The van der Waals surface area contributed by atoms with Gasteiger partial charge in [-0.1, -0.05) is 19.9 Å². The minimum absolute atomic E-state index is 0.432. The van der Waals surface area contributed by atoms with E-state index >= 15 is 0 Å². The minimum atomic E-state index is -0.618. The third kappa shape index (κ3) is 1.97. The zero-order chi connectivity index (χ0) is 12.0. The second-order valence-electron chi connectivity index (χ2n) is 5.64. The van der Waals surface area contributed by atoms with E-state index in [0.717, 1.165) is 5.69 Å². The van der Waals surface area contributed by atoms with Gasteiger partial charge in [0.1, 0.15) is 0 Å².